The van der Waals surface area contributed by atoms with Gasteiger partial charge in [0, 0.05) is 17.1 Å². The smallest absolute Gasteiger partial charge is 0.240 e. The fourth-order valence-corrected chi connectivity index (χ4v) is 3.01. The molecule has 0 unspecified atom stereocenters. The number of hydrogen-bond donors (Lipinski definition) is 2. The third-order valence-corrected chi connectivity index (χ3v) is 4.76. The van der Waals surface area contributed by atoms with Gasteiger partial charge < -0.3 is 5.73 Å². The van der Waals surface area contributed by atoms with E-state index in [-0.39, 0.29) is 17.0 Å². The molecule has 3 N–H and O–H groups in total. The highest BCUT2D eigenvalue weighted by Crippen LogP contribution is 2.28. The van der Waals surface area contributed by atoms with Crippen LogP contribution >= 0.6 is 11.6 Å². The van der Waals surface area contributed by atoms with Gasteiger partial charge in [-0.2, -0.15) is 0 Å². The zero-order chi connectivity index (χ0) is 12.5. The Hall–Kier alpha value is -0.620. The van der Waals surface area contributed by atoms with Gasteiger partial charge in [-0.15, -0.1) is 0 Å². The molecule has 0 heterocycles. The molecule has 0 spiro atoms. The molecule has 6 heteroatoms. The van der Waals surface area contributed by atoms with Crippen molar-refractivity contribution in [3.63, 3.8) is 0 Å². The fraction of sp³-hybridized carbons (Fsp3) is 0.455. The lowest BCUT2D eigenvalue weighted by Crippen LogP contribution is -2.54. The van der Waals surface area contributed by atoms with Crippen molar-refractivity contribution in [1.82, 2.24) is 4.72 Å². The van der Waals surface area contributed by atoms with Crippen LogP contribution < -0.4 is 10.5 Å². The monoisotopic (exact) mass is 274 g/mol. The van der Waals surface area contributed by atoms with Crippen molar-refractivity contribution in [2.45, 2.75) is 29.7 Å². The Morgan fingerprint density at radius 2 is 1.88 bits per heavy atom. The van der Waals surface area contributed by atoms with Crippen LogP contribution in [0.3, 0.4) is 0 Å². The Kier molecular flexibility index (Phi) is 3.45. The molecule has 1 saturated carbocycles. The van der Waals surface area contributed by atoms with Gasteiger partial charge in [0.1, 0.15) is 0 Å². The molecule has 0 aromatic heterocycles. The van der Waals surface area contributed by atoms with Crippen LogP contribution in [0.4, 0.5) is 0 Å². The van der Waals surface area contributed by atoms with Crippen molar-refractivity contribution in [2.75, 3.05) is 6.54 Å². The quantitative estimate of drug-likeness (QED) is 0.874. The molecule has 94 valence electrons. The van der Waals surface area contributed by atoms with Crippen LogP contribution in [0, 0.1) is 0 Å². The topological polar surface area (TPSA) is 72.2 Å². The minimum Gasteiger partial charge on any atom is -0.324 e. The van der Waals surface area contributed by atoms with Gasteiger partial charge in [0.2, 0.25) is 10.0 Å². The van der Waals surface area contributed by atoms with E-state index in [2.05, 4.69) is 4.72 Å². The minimum atomic E-state index is -3.48. The Bertz CT molecular complexity index is 495. The van der Waals surface area contributed by atoms with Crippen LogP contribution in [0.2, 0.25) is 5.02 Å². The standard InChI is InChI=1S/C11H15ClN2O2S/c12-9-2-4-10(5-3-9)17(15,16)14-8-11(13)6-1-7-11/h2-5,14H,1,6-8,13H2. The number of sulfonamides is 1. The maximum atomic E-state index is 11.9. The first kappa shape index (κ1) is 12.8. The first-order valence-electron chi connectivity index (χ1n) is 5.45. The van der Waals surface area contributed by atoms with Crippen molar-refractivity contribution in [3.8, 4) is 0 Å². The summed E-state index contributed by atoms with van der Waals surface area (Å²) in [6.07, 6.45) is 2.81. The summed E-state index contributed by atoms with van der Waals surface area (Å²) < 4.78 is 26.4. The second-order valence-electron chi connectivity index (χ2n) is 4.49. The van der Waals surface area contributed by atoms with Crippen LogP contribution in [0.25, 0.3) is 0 Å². The van der Waals surface area contributed by atoms with E-state index in [1.54, 1.807) is 12.1 Å². The molecule has 0 aliphatic heterocycles. The summed E-state index contributed by atoms with van der Waals surface area (Å²) in [6.45, 7) is 0.290. The molecule has 0 saturated heterocycles. The first-order valence-corrected chi connectivity index (χ1v) is 7.32. The number of nitrogens with one attached hydrogen (secondary N) is 1. The van der Waals surface area contributed by atoms with Crippen molar-refractivity contribution >= 4 is 21.6 Å². The Balaban J connectivity index is 2.06. The highest BCUT2D eigenvalue weighted by Gasteiger charge is 2.33. The van der Waals surface area contributed by atoms with E-state index in [1.807, 2.05) is 0 Å². The molecule has 1 aliphatic carbocycles. The second-order valence-corrected chi connectivity index (χ2v) is 6.70. The third-order valence-electron chi connectivity index (χ3n) is 3.09. The van der Waals surface area contributed by atoms with Crippen molar-refractivity contribution in [3.05, 3.63) is 29.3 Å². The van der Waals surface area contributed by atoms with Gasteiger partial charge in [-0.05, 0) is 43.5 Å². The molecule has 0 bridgehead atoms. The van der Waals surface area contributed by atoms with Crippen molar-refractivity contribution in [2.24, 2.45) is 5.73 Å². The highest BCUT2D eigenvalue weighted by molar-refractivity contribution is 7.89. The molecular weight excluding hydrogens is 260 g/mol. The van der Waals surface area contributed by atoms with E-state index >= 15 is 0 Å². The maximum absolute atomic E-state index is 11.9. The molecule has 4 nitrogen and oxygen atoms in total. The predicted molar refractivity (Wildman–Crippen MR) is 67.4 cm³/mol. The number of rotatable bonds is 4. The lowest BCUT2D eigenvalue weighted by Gasteiger charge is -2.37. The average molecular weight is 275 g/mol. The van der Waals surface area contributed by atoms with Crippen molar-refractivity contribution < 1.29 is 8.42 Å². The van der Waals surface area contributed by atoms with Gasteiger partial charge in [-0.1, -0.05) is 11.6 Å². The first-order chi connectivity index (χ1) is 7.91. The molecule has 2 rings (SSSR count). The van der Waals surface area contributed by atoms with Gasteiger partial charge in [0.15, 0.2) is 0 Å². The van der Waals surface area contributed by atoms with E-state index < -0.39 is 10.0 Å². The molecule has 1 fully saturated rings. The molecule has 1 aliphatic rings. The lowest BCUT2D eigenvalue weighted by molar-refractivity contribution is 0.251. The van der Waals surface area contributed by atoms with Crippen LogP contribution in [0.15, 0.2) is 29.2 Å². The maximum Gasteiger partial charge on any atom is 0.240 e. The Morgan fingerprint density at radius 1 is 1.29 bits per heavy atom. The van der Waals surface area contributed by atoms with Gasteiger partial charge >= 0.3 is 0 Å². The van der Waals surface area contributed by atoms with Gasteiger partial charge in [0.05, 0.1) is 4.90 Å². The SMILES string of the molecule is NC1(CNS(=O)(=O)c2ccc(Cl)cc2)CCC1. The highest BCUT2D eigenvalue weighted by atomic mass is 35.5. The number of benzene rings is 1. The molecule has 1 aromatic rings. The van der Waals surface area contributed by atoms with E-state index in [0.29, 0.717) is 5.02 Å². The van der Waals surface area contributed by atoms with E-state index in [1.165, 1.54) is 12.1 Å². The average Bonchev–Trinajstić information content (AvgIpc) is 2.24. The molecule has 0 radical (unpaired) electrons. The molecule has 17 heavy (non-hydrogen) atoms. The number of halogens is 1. The Morgan fingerprint density at radius 3 is 2.35 bits per heavy atom. The zero-order valence-electron chi connectivity index (χ0n) is 9.32. The zero-order valence-corrected chi connectivity index (χ0v) is 10.9. The van der Waals surface area contributed by atoms with Crippen LogP contribution in [0.5, 0.6) is 0 Å². The molecule has 0 amide bonds. The van der Waals surface area contributed by atoms with Gasteiger partial charge in [0.25, 0.3) is 0 Å². The minimum absolute atomic E-state index is 0.213. The molecule has 0 atom stereocenters. The van der Waals surface area contributed by atoms with Crippen LogP contribution in [-0.4, -0.2) is 20.5 Å². The fourth-order valence-electron chi connectivity index (χ4n) is 1.74. The summed E-state index contributed by atoms with van der Waals surface area (Å²) in [7, 11) is -3.48. The number of nitrogens with two attached hydrogens (primary N) is 1. The number of hydrogen-bond acceptors (Lipinski definition) is 3. The van der Waals surface area contributed by atoms with Gasteiger partial charge in [-0.25, -0.2) is 13.1 Å². The Labute approximate surface area is 106 Å². The largest absolute Gasteiger partial charge is 0.324 e. The molecule has 1 aromatic carbocycles. The predicted octanol–water partition coefficient (Wildman–Crippen LogP) is 1.50. The summed E-state index contributed by atoms with van der Waals surface area (Å²) in [4.78, 5) is 0.213. The van der Waals surface area contributed by atoms with Gasteiger partial charge in [-0.3, -0.25) is 0 Å². The second kappa shape index (κ2) is 4.57. The van der Waals surface area contributed by atoms with Crippen molar-refractivity contribution in [1.29, 1.82) is 0 Å². The normalized spacial score (nSPS) is 18.7. The summed E-state index contributed by atoms with van der Waals surface area (Å²) in [5, 5.41) is 0.512. The molecular formula is C11H15ClN2O2S. The van der Waals surface area contributed by atoms with Crippen LogP contribution in [-0.2, 0) is 10.0 Å². The van der Waals surface area contributed by atoms with Crippen LogP contribution in [0.1, 0.15) is 19.3 Å². The van der Waals surface area contributed by atoms with E-state index in [4.69, 9.17) is 17.3 Å². The lowest BCUT2D eigenvalue weighted by atomic mass is 9.78. The van der Waals surface area contributed by atoms with E-state index in [9.17, 15) is 8.42 Å². The summed E-state index contributed by atoms with van der Waals surface area (Å²) >= 11 is 5.71. The van der Waals surface area contributed by atoms with E-state index in [0.717, 1.165) is 19.3 Å². The third kappa shape index (κ3) is 2.98. The summed E-state index contributed by atoms with van der Waals surface area (Å²) in [5.74, 6) is 0. The summed E-state index contributed by atoms with van der Waals surface area (Å²) in [6, 6.07) is 6.07. The summed E-state index contributed by atoms with van der Waals surface area (Å²) in [5.41, 5.74) is 5.60.